The molecule has 1 N–H and O–H groups in total. The van der Waals surface area contributed by atoms with E-state index in [1.54, 1.807) is 0 Å². The van der Waals surface area contributed by atoms with Gasteiger partial charge in [-0.25, -0.2) is 4.79 Å². The van der Waals surface area contributed by atoms with Crippen LogP contribution in [0.2, 0.25) is 0 Å². The summed E-state index contributed by atoms with van der Waals surface area (Å²) in [5, 5.41) is 3.06. The van der Waals surface area contributed by atoms with E-state index in [0.29, 0.717) is 17.5 Å². The third-order valence-corrected chi connectivity index (χ3v) is 6.18. The lowest BCUT2D eigenvalue weighted by Gasteiger charge is -2.30. The number of anilines is 1. The Bertz CT molecular complexity index is 674. The minimum absolute atomic E-state index is 0.00570. The van der Waals surface area contributed by atoms with E-state index in [1.807, 2.05) is 34.1 Å². The first-order valence-corrected chi connectivity index (χ1v) is 10.7. The van der Waals surface area contributed by atoms with Crippen LogP contribution in [-0.2, 0) is 0 Å². The number of nitrogens with zero attached hydrogens (tertiary/aromatic N) is 2. The summed E-state index contributed by atoms with van der Waals surface area (Å²) in [6.45, 7) is 2.56. The third-order valence-electron chi connectivity index (χ3n) is 6.18. The molecule has 3 amide bonds. The van der Waals surface area contributed by atoms with Gasteiger partial charge in [-0.15, -0.1) is 0 Å². The van der Waals surface area contributed by atoms with Crippen molar-refractivity contribution in [2.24, 2.45) is 5.92 Å². The Morgan fingerprint density at radius 2 is 1.74 bits per heavy atom. The van der Waals surface area contributed by atoms with Crippen molar-refractivity contribution >= 4 is 17.6 Å². The van der Waals surface area contributed by atoms with Gasteiger partial charge in [0.15, 0.2) is 0 Å². The van der Waals surface area contributed by atoms with Crippen molar-refractivity contribution in [3.63, 3.8) is 0 Å². The Morgan fingerprint density at radius 1 is 1.00 bits per heavy atom. The summed E-state index contributed by atoms with van der Waals surface area (Å²) >= 11 is 0. The maximum Gasteiger partial charge on any atom is 0.322 e. The summed E-state index contributed by atoms with van der Waals surface area (Å²) in [7, 11) is 0. The zero-order valence-electron chi connectivity index (χ0n) is 16.2. The van der Waals surface area contributed by atoms with E-state index >= 15 is 0 Å². The average molecular weight is 370 g/mol. The first-order chi connectivity index (χ1) is 13.2. The van der Waals surface area contributed by atoms with Gasteiger partial charge >= 0.3 is 6.03 Å². The smallest absolute Gasteiger partial charge is 0.322 e. The van der Waals surface area contributed by atoms with Gasteiger partial charge in [-0.3, -0.25) is 4.79 Å². The van der Waals surface area contributed by atoms with Crippen molar-refractivity contribution in [2.75, 3.05) is 25.0 Å². The van der Waals surface area contributed by atoms with Gasteiger partial charge in [0.2, 0.25) is 0 Å². The quantitative estimate of drug-likeness (QED) is 0.831. The van der Waals surface area contributed by atoms with Gasteiger partial charge in [-0.2, -0.15) is 0 Å². The molecule has 0 aromatic heterocycles. The fraction of sp³-hybridized carbons (Fsp3) is 0.636. The van der Waals surface area contributed by atoms with Crippen LogP contribution < -0.4 is 5.32 Å². The number of benzene rings is 1. The lowest BCUT2D eigenvalue weighted by Crippen LogP contribution is -2.40. The molecule has 0 spiro atoms. The third kappa shape index (κ3) is 4.63. The van der Waals surface area contributed by atoms with E-state index in [0.717, 1.165) is 51.0 Å². The summed E-state index contributed by atoms with van der Waals surface area (Å²) in [6.07, 6.45) is 10.8. The Hall–Kier alpha value is -2.04. The van der Waals surface area contributed by atoms with Gasteiger partial charge in [0, 0.05) is 36.9 Å². The first kappa shape index (κ1) is 18.3. The minimum Gasteiger partial charge on any atom is -0.339 e. The molecule has 1 aromatic rings. The second kappa shape index (κ2) is 8.32. The van der Waals surface area contributed by atoms with Gasteiger partial charge in [-0.1, -0.05) is 25.3 Å². The van der Waals surface area contributed by atoms with Crippen LogP contribution in [0.3, 0.4) is 0 Å². The first-order valence-electron chi connectivity index (χ1n) is 10.7. The zero-order valence-corrected chi connectivity index (χ0v) is 16.2. The number of rotatable bonds is 5. The highest BCUT2D eigenvalue weighted by atomic mass is 16.2. The molecule has 0 radical (unpaired) electrons. The minimum atomic E-state index is -0.00570. The van der Waals surface area contributed by atoms with Crippen molar-refractivity contribution in [2.45, 2.75) is 63.8 Å². The zero-order chi connectivity index (χ0) is 18.6. The van der Waals surface area contributed by atoms with Gasteiger partial charge in [-0.05, 0) is 62.6 Å². The number of carbonyl (C=O) groups is 2. The molecule has 2 aliphatic carbocycles. The van der Waals surface area contributed by atoms with Crippen LogP contribution in [0.15, 0.2) is 24.3 Å². The number of carbonyl (C=O) groups excluding carboxylic acids is 2. The van der Waals surface area contributed by atoms with Crippen LogP contribution in [0.5, 0.6) is 0 Å². The molecule has 0 bridgehead atoms. The SMILES string of the molecule is O=C(c1cccc(NC(=O)N(CC2CCCCC2)C2CC2)c1)N1CCCC1. The van der Waals surface area contributed by atoms with Gasteiger partial charge in [0.1, 0.15) is 0 Å². The number of urea groups is 1. The summed E-state index contributed by atoms with van der Waals surface area (Å²) in [6, 6.07) is 7.81. The largest absolute Gasteiger partial charge is 0.339 e. The molecule has 27 heavy (non-hydrogen) atoms. The number of hydrogen-bond donors (Lipinski definition) is 1. The summed E-state index contributed by atoms with van der Waals surface area (Å²) in [5.74, 6) is 0.720. The highest BCUT2D eigenvalue weighted by Gasteiger charge is 2.34. The summed E-state index contributed by atoms with van der Waals surface area (Å²) in [4.78, 5) is 29.5. The highest BCUT2D eigenvalue weighted by molar-refractivity contribution is 5.97. The Kier molecular flexibility index (Phi) is 5.65. The van der Waals surface area contributed by atoms with Gasteiger partial charge < -0.3 is 15.1 Å². The monoisotopic (exact) mass is 369 g/mol. The molecule has 1 aromatic carbocycles. The average Bonchev–Trinajstić information content (AvgIpc) is 3.39. The van der Waals surface area contributed by atoms with Crippen molar-refractivity contribution in [3.05, 3.63) is 29.8 Å². The van der Waals surface area contributed by atoms with E-state index < -0.39 is 0 Å². The van der Waals surface area contributed by atoms with Crippen LogP contribution in [0.4, 0.5) is 10.5 Å². The molecule has 5 nitrogen and oxygen atoms in total. The van der Waals surface area contributed by atoms with Crippen molar-refractivity contribution in [3.8, 4) is 0 Å². The molecule has 2 saturated carbocycles. The number of hydrogen-bond acceptors (Lipinski definition) is 2. The maximum atomic E-state index is 12.9. The second-order valence-corrected chi connectivity index (χ2v) is 8.40. The fourth-order valence-electron chi connectivity index (χ4n) is 4.46. The molecule has 3 fully saturated rings. The molecular formula is C22H31N3O2. The lowest BCUT2D eigenvalue weighted by atomic mass is 9.89. The predicted octanol–water partition coefficient (Wildman–Crippen LogP) is 4.50. The molecule has 1 heterocycles. The molecule has 3 aliphatic rings. The Morgan fingerprint density at radius 3 is 2.44 bits per heavy atom. The maximum absolute atomic E-state index is 12.9. The standard InChI is InChI=1S/C22H31N3O2/c26-21(24-13-4-5-14-24)18-9-6-10-19(15-18)23-22(27)25(20-11-12-20)16-17-7-2-1-3-8-17/h6,9-10,15,17,20H,1-5,7-8,11-14,16H2,(H,23,27). The summed E-state index contributed by atoms with van der Waals surface area (Å²) in [5.41, 5.74) is 1.39. The molecule has 4 rings (SSSR count). The van der Waals surface area contributed by atoms with Crippen LogP contribution in [0, 0.1) is 5.92 Å². The fourth-order valence-corrected chi connectivity index (χ4v) is 4.46. The van der Waals surface area contributed by atoms with Crippen LogP contribution in [0.1, 0.15) is 68.1 Å². The van der Waals surface area contributed by atoms with Crippen LogP contribution in [0.25, 0.3) is 0 Å². The van der Waals surface area contributed by atoms with Crippen molar-refractivity contribution < 1.29 is 9.59 Å². The molecule has 1 aliphatic heterocycles. The van der Waals surface area contributed by atoms with Crippen molar-refractivity contribution in [1.29, 1.82) is 0 Å². The number of amides is 3. The van der Waals surface area contributed by atoms with Crippen LogP contribution in [-0.4, -0.2) is 47.4 Å². The van der Waals surface area contributed by atoms with E-state index in [4.69, 9.17) is 0 Å². The van der Waals surface area contributed by atoms with E-state index in [-0.39, 0.29) is 11.9 Å². The van der Waals surface area contributed by atoms with Crippen LogP contribution >= 0.6 is 0 Å². The number of nitrogens with one attached hydrogen (secondary N) is 1. The van der Waals surface area contributed by atoms with E-state index in [2.05, 4.69) is 5.32 Å². The molecule has 1 saturated heterocycles. The summed E-state index contributed by atoms with van der Waals surface area (Å²) < 4.78 is 0. The van der Waals surface area contributed by atoms with Gasteiger partial charge in [0.25, 0.3) is 5.91 Å². The molecule has 0 unspecified atom stereocenters. The van der Waals surface area contributed by atoms with E-state index in [1.165, 1.54) is 32.1 Å². The van der Waals surface area contributed by atoms with Gasteiger partial charge in [0.05, 0.1) is 0 Å². The Balaban J connectivity index is 1.40. The topological polar surface area (TPSA) is 52.7 Å². The molecular weight excluding hydrogens is 338 g/mol. The normalized spacial score (nSPS) is 20.5. The molecule has 5 heteroatoms. The number of likely N-dealkylation sites (tertiary alicyclic amines) is 1. The lowest BCUT2D eigenvalue weighted by molar-refractivity contribution is 0.0793. The highest BCUT2D eigenvalue weighted by Crippen LogP contribution is 2.32. The second-order valence-electron chi connectivity index (χ2n) is 8.40. The molecule has 146 valence electrons. The predicted molar refractivity (Wildman–Crippen MR) is 107 cm³/mol. The van der Waals surface area contributed by atoms with E-state index in [9.17, 15) is 9.59 Å². The molecule has 0 atom stereocenters. The van der Waals surface area contributed by atoms with Crippen molar-refractivity contribution in [1.82, 2.24) is 9.80 Å². The Labute approximate surface area is 162 Å².